The van der Waals surface area contributed by atoms with Crippen LogP contribution in [0.4, 0.5) is 4.39 Å². The summed E-state index contributed by atoms with van der Waals surface area (Å²) in [6.07, 6.45) is 3.50. The van der Waals surface area contributed by atoms with Gasteiger partial charge >= 0.3 is 0 Å². The first-order chi connectivity index (χ1) is 9.99. The number of hydrogen-bond donors (Lipinski definition) is 2. The molecule has 0 radical (unpaired) electrons. The van der Waals surface area contributed by atoms with Crippen LogP contribution in [0.2, 0.25) is 0 Å². The second kappa shape index (κ2) is 6.79. The van der Waals surface area contributed by atoms with Crippen LogP contribution in [0.15, 0.2) is 23.1 Å². The third-order valence-electron chi connectivity index (χ3n) is 4.33. The lowest BCUT2D eigenvalue weighted by Crippen LogP contribution is -2.48. The molecule has 21 heavy (non-hydrogen) atoms. The average Bonchev–Trinajstić information content (AvgIpc) is 2.50. The molecule has 0 aliphatic carbocycles. The van der Waals surface area contributed by atoms with Gasteiger partial charge in [0.2, 0.25) is 0 Å². The van der Waals surface area contributed by atoms with E-state index in [4.69, 9.17) is 4.74 Å². The number of carbonyl (C=O) groups excluding carboxylic acids is 1. The lowest BCUT2D eigenvalue weighted by Gasteiger charge is -2.40. The molecule has 1 saturated heterocycles. The number of nitrogens with one attached hydrogen (secondary N) is 1. The molecule has 1 aliphatic heterocycles. The van der Waals surface area contributed by atoms with Crippen molar-refractivity contribution in [1.82, 2.24) is 5.32 Å². The molecule has 0 spiro atoms. The number of carbonyl (C=O) groups is 1. The van der Waals surface area contributed by atoms with E-state index in [1.54, 1.807) is 0 Å². The van der Waals surface area contributed by atoms with Crippen molar-refractivity contribution >= 4 is 18.5 Å². The Morgan fingerprint density at radius 2 is 2.19 bits per heavy atom. The van der Waals surface area contributed by atoms with Gasteiger partial charge in [-0.25, -0.2) is 4.39 Å². The number of hydrogen-bond acceptors (Lipinski definition) is 3. The monoisotopic (exact) mass is 311 g/mol. The molecule has 1 fully saturated rings. The Bertz CT molecular complexity index is 517. The van der Waals surface area contributed by atoms with Crippen LogP contribution >= 0.6 is 12.6 Å². The van der Waals surface area contributed by atoms with Crippen molar-refractivity contribution in [2.24, 2.45) is 0 Å². The van der Waals surface area contributed by atoms with Gasteiger partial charge in [0.25, 0.3) is 5.91 Å². The Labute approximate surface area is 130 Å². The van der Waals surface area contributed by atoms with E-state index in [-0.39, 0.29) is 22.4 Å². The van der Waals surface area contributed by atoms with Crippen LogP contribution in [0.3, 0.4) is 0 Å². The maximum Gasteiger partial charge on any atom is 0.251 e. The van der Waals surface area contributed by atoms with Gasteiger partial charge in [-0.05, 0) is 43.9 Å². The lowest BCUT2D eigenvalue weighted by molar-refractivity contribution is -0.0917. The van der Waals surface area contributed by atoms with E-state index in [0.717, 1.165) is 25.7 Å². The molecule has 1 aromatic rings. The van der Waals surface area contributed by atoms with Crippen LogP contribution in [-0.4, -0.2) is 24.2 Å². The summed E-state index contributed by atoms with van der Waals surface area (Å²) in [7, 11) is 0. The quantitative estimate of drug-likeness (QED) is 0.834. The maximum absolute atomic E-state index is 13.2. The highest BCUT2D eigenvalue weighted by Gasteiger charge is 2.35. The fourth-order valence-electron chi connectivity index (χ4n) is 2.82. The topological polar surface area (TPSA) is 38.3 Å². The molecule has 5 heteroatoms. The molecule has 0 bridgehead atoms. The SMILES string of the molecule is CCC1(CC)CC(NC(=O)c2ccc(F)c(S)c2)CCO1. The van der Waals surface area contributed by atoms with E-state index in [9.17, 15) is 9.18 Å². The van der Waals surface area contributed by atoms with Crippen molar-refractivity contribution in [2.75, 3.05) is 6.61 Å². The molecule has 0 saturated carbocycles. The van der Waals surface area contributed by atoms with Crippen LogP contribution in [0.25, 0.3) is 0 Å². The van der Waals surface area contributed by atoms with Crippen molar-refractivity contribution in [3.8, 4) is 0 Å². The van der Waals surface area contributed by atoms with Gasteiger partial charge in [-0.15, -0.1) is 12.6 Å². The zero-order valence-corrected chi connectivity index (χ0v) is 13.4. The zero-order valence-electron chi connectivity index (χ0n) is 12.5. The summed E-state index contributed by atoms with van der Waals surface area (Å²) in [6, 6.07) is 4.31. The summed E-state index contributed by atoms with van der Waals surface area (Å²) < 4.78 is 19.1. The summed E-state index contributed by atoms with van der Waals surface area (Å²) in [6.45, 7) is 4.88. The van der Waals surface area contributed by atoms with E-state index in [0.29, 0.717) is 12.2 Å². The second-order valence-electron chi connectivity index (χ2n) is 5.57. The number of benzene rings is 1. The predicted molar refractivity (Wildman–Crippen MR) is 83.4 cm³/mol. The molecule has 116 valence electrons. The molecule has 1 aliphatic rings. The highest BCUT2D eigenvalue weighted by atomic mass is 32.1. The first kappa shape index (κ1) is 16.3. The van der Waals surface area contributed by atoms with Gasteiger partial charge in [0, 0.05) is 23.1 Å². The maximum atomic E-state index is 13.2. The summed E-state index contributed by atoms with van der Waals surface area (Å²) in [5.41, 5.74) is 0.305. The zero-order chi connectivity index (χ0) is 15.5. The van der Waals surface area contributed by atoms with Gasteiger partial charge in [-0.1, -0.05) is 13.8 Å². The third kappa shape index (κ3) is 3.77. The summed E-state index contributed by atoms with van der Waals surface area (Å²) >= 11 is 4.01. The number of thiol groups is 1. The Hall–Kier alpha value is -1.07. The van der Waals surface area contributed by atoms with Gasteiger partial charge in [0.05, 0.1) is 5.60 Å². The van der Waals surface area contributed by atoms with E-state index in [1.807, 2.05) is 0 Å². The number of amides is 1. The Morgan fingerprint density at radius 3 is 2.81 bits per heavy atom. The van der Waals surface area contributed by atoms with E-state index >= 15 is 0 Å². The normalized spacial score (nSPS) is 21.0. The molecule has 3 nitrogen and oxygen atoms in total. The first-order valence-corrected chi connectivity index (χ1v) is 7.87. The van der Waals surface area contributed by atoms with Gasteiger partial charge in [0.1, 0.15) is 5.82 Å². The lowest BCUT2D eigenvalue weighted by atomic mass is 9.86. The van der Waals surface area contributed by atoms with Crippen LogP contribution in [-0.2, 0) is 4.74 Å². The summed E-state index contributed by atoms with van der Waals surface area (Å²) in [4.78, 5) is 12.4. The van der Waals surface area contributed by atoms with Crippen molar-refractivity contribution in [3.63, 3.8) is 0 Å². The van der Waals surface area contributed by atoms with Crippen LogP contribution in [0.5, 0.6) is 0 Å². The Morgan fingerprint density at radius 1 is 1.48 bits per heavy atom. The average molecular weight is 311 g/mol. The van der Waals surface area contributed by atoms with Crippen molar-refractivity contribution in [1.29, 1.82) is 0 Å². The van der Waals surface area contributed by atoms with Crippen LogP contribution in [0.1, 0.15) is 49.9 Å². The summed E-state index contributed by atoms with van der Waals surface area (Å²) in [5.74, 6) is -0.602. The molecule has 1 atom stereocenters. The number of ether oxygens (including phenoxy) is 1. The van der Waals surface area contributed by atoms with Gasteiger partial charge in [-0.3, -0.25) is 4.79 Å². The molecular formula is C16H22FNO2S. The predicted octanol–water partition coefficient (Wildman–Crippen LogP) is 3.58. The smallest absolute Gasteiger partial charge is 0.251 e. The fourth-order valence-corrected chi connectivity index (χ4v) is 3.03. The second-order valence-corrected chi connectivity index (χ2v) is 6.05. The van der Waals surface area contributed by atoms with E-state index in [2.05, 4.69) is 31.8 Å². The van der Waals surface area contributed by atoms with Crippen molar-refractivity contribution in [3.05, 3.63) is 29.6 Å². The van der Waals surface area contributed by atoms with Gasteiger partial charge in [0.15, 0.2) is 0 Å². The third-order valence-corrected chi connectivity index (χ3v) is 4.67. The minimum Gasteiger partial charge on any atom is -0.375 e. The van der Waals surface area contributed by atoms with Gasteiger partial charge in [-0.2, -0.15) is 0 Å². The van der Waals surface area contributed by atoms with Gasteiger partial charge < -0.3 is 10.1 Å². The molecule has 1 aromatic carbocycles. The molecular weight excluding hydrogens is 289 g/mol. The number of halogens is 1. The van der Waals surface area contributed by atoms with E-state index < -0.39 is 5.82 Å². The highest BCUT2D eigenvalue weighted by molar-refractivity contribution is 7.80. The van der Waals surface area contributed by atoms with Crippen LogP contribution < -0.4 is 5.32 Å². The first-order valence-electron chi connectivity index (χ1n) is 7.43. The fraction of sp³-hybridized carbons (Fsp3) is 0.562. The molecule has 1 unspecified atom stereocenters. The minimum absolute atomic E-state index is 0.0968. The van der Waals surface area contributed by atoms with Crippen molar-refractivity contribution in [2.45, 2.75) is 56.1 Å². The van der Waals surface area contributed by atoms with Crippen LogP contribution in [0, 0.1) is 5.82 Å². The molecule has 2 rings (SSSR count). The summed E-state index contributed by atoms with van der Waals surface area (Å²) in [5, 5.41) is 3.03. The molecule has 1 N–H and O–H groups in total. The van der Waals surface area contributed by atoms with Crippen molar-refractivity contribution < 1.29 is 13.9 Å². The molecule has 1 heterocycles. The standard InChI is InChI=1S/C16H22FNO2S/c1-3-16(4-2)10-12(7-8-20-16)18-15(19)11-5-6-13(17)14(21)9-11/h5-6,9,12,21H,3-4,7-8,10H2,1-2H3,(H,18,19). The molecule has 1 amide bonds. The molecule has 0 aromatic heterocycles. The Kier molecular flexibility index (Phi) is 5.27. The largest absolute Gasteiger partial charge is 0.375 e. The Balaban J connectivity index is 2.03. The number of rotatable bonds is 4. The van der Waals surface area contributed by atoms with E-state index in [1.165, 1.54) is 18.2 Å². The highest BCUT2D eigenvalue weighted by Crippen LogP contribution is 2.31. The minimum atomic E-state index is -0.420.